The molecular formula is C16H24O5. The number of rotatable bonds is 9. The van der Waals surface area contributed by atoms with E-state index in [1.54, 1.807) is 6.08 Å². The summed E-state index contributed by atoms with van der Waals surface area (Å²) in [5.41, 5.74) is 0. The molecule has 1 aliphatic rings. The van der Waals surface area contributed by atoms with Crippen LogP contribution >= 0.6 is 0 Å². The lowest BCUT2D eigenvalue weighted by Gasteiger charge is -2.20. The van der Waals surface area contributed by atoms with Crippen LogP contribution in [0, 0.1) is 11.8 Å². The van der Waals surface area contributed by atoms with Crippen LogP contribution in [0.2, 0.25) is 0 Å². The predicted molar refractivity (Wildman–Crippen MR) is 77.7 cm³/mol. The van der Waals surface area contributed by atoms with Crippen molar-refractivity contribution in [3.63, 3.8) is 0 Å². The Morgan fingerprint density at radius 2 is 2.00 bits per heavy atom. The van der Waals surface area contributed by atoms with Crippen molar-refractivity contribution in [2.75, 3.05) is 0 Å². The molecular weight excluding hydrogens is 272 g/mol. The Morgan fingerprint density at radius 1 is 1.33 bits per heavy atom. The zero-order chi connectivity index (χ0) is 15.8. The number of carbonyl (C=O) groups excluding carboxylic acids is 2. The smallest absolute Gasteiger partial charge is 0.303 e. The molecule has 0 heterocycles. The third-order valence-electron chi connectivity index (χ3n) is 3.96. The quantitative estimate of drug-likeness (QED) is 0.402. The first-order valence-corrected chi connectivity index (χ1v) is 7.50. The molecule has 1 N–H and O–H groups in total. The Bertz CT molecular complexity index is 401. The molecule has 0 radical (unpaired) electrons. The number of carbonyl (C=O) groups is 3. The lowest BCUT2D eigenvalue weighted by Crippen LogP contribution is -2.23. The molecule has 1 rings (SSSR count). The van der Waals surface area contributed by atoms with Crippen molar-refractivity contribution >= 4 is 17.7 Å². The summed E-state index contributed by atoms with van der Waals surface area (Å²) < 4.78 is 5.19. The van der Waals surface area contributed by atoms with Crippen molar-refractivity contribution < 1.29 is 24.2 Å². The lowest BCUT2D eigenvalue weighted by atomic mass is 9.89. The van der Waals surface area contributed by atoms with Gasteiger partial charge in [0.05, 0.1) is 0 Å². The van der Waals surface area contributed by atoms with E-state index < -0.39 is 5.97 Å². The van der Waals surface area contributed by atoms with Gasteiger partial charge in [-0.25, -0.2) is 0 Å². The van der Waals surface area contributed by atoms with Crippen molar-refractivity contribution in [2.45, 2.75) is 58.0 Å². The largest absolute Gasteiger partial charge is 0.481 e. The second-order valence-corrected chi connectivity index (χ2v) is 5.58. The van der Waals surface area contributed by atoms with Crippen LogP contribution in [0.3, 0.4) is 0 Å². The van der Waals surface area contributed by atoms with Gasteiger partial charge in [-0.2, -0.15) is 0 Å². The van der Waals surface area contributed by atoms with Gasteiger partial charge < -0.3 is 9.84 Å². The van der Waals surface area contributed by atoms with Gasteiger partial charge in [-0.05, 0) is 12.8 Å². The van der Waals surface area contributed by atoms with Crippen LogP contribution in [0.15, 0.2) is 12.7 Å². The second-order valence-electron chi connectivity index (χ2n) is 5.58. The fourth-order valence-corrected chi connectivity index (χ4v) is 2.96. The van der Waals surface area contributed by atoms with Crippen LogP contribution in [0.5, 0.6) is 0 Å². The third kappa shape index (κ3) is 5.69. The van der Waals surface area contributed by atoms with E-state index in [-0.39, 0.29) is 42.5 Å². The fourth-order valence-electron chi connectivity index (χ4n) is 2.96. The first-order valence-electron chi connectivity index (χ1n) is 7.50. The minimum atomic E-state index is -0.767. The monoisotopic (exact) mass is 296 g/mol. The zero-order valence-corrected chi connectivity index (χ0v) is 12.5. The molecule has 0 spiro atoms. The minimum Gasteiger partial charge on any atom is -0.481 e. The average molecular weight is 296 g/mol. The molecule has 0 amide bonds. The van der Waals surface area contributed by atoms with Gasteiger partial charge in [0.25, 0.3) is 0 Å². The van der Waals surface area contributed by atoms with Gasteiger partial charge in [-0.3, -0.25) is 14.4 Å². The maximum absolute atomic E-state index is 12.0. The van der Waals surface area contributed by atoms with Crippen LogP contribution in [0.25, 0.3) is 0 Å². The number of unbranched alkanes of at least 4 members (excludes halogenated alkanes) is 3. The summed E-state index contributed by atoms with van der Waals surface area (Å²) in [6.07, 6.45) is 5.91. The number of ether oxygens (including phenoxy) is 1. The van der Waals surface area contributed by atoms with Crippen molar-refractivity contribution in [1.82, 2.24) is 0 Å². The molecule has 5 heteroatoms. The Kier molecular flexibility index (Phi) is 7.12. The van der Waals surface area contributed by atoms with Crippen molar-refractivity contribution in [3.8, 4) is 0 Å². The summed E-state index contributed by atoms with van der Waals surface area (Å²) in [7, 11) is 0. The summed E-state index contributed by atoms with van der Waals surface area (Å²) >= 11 is 0. The number of ketones is 1. The Labute approximate surface area is 125 Å². The van der Waals surface area contributed by atoms with E-state index in [9.17, 15) is 14.4 Å². The molecule has 1 fully saturated rings. The molecule has 0 aromatic rings. The van der Waals surface area contributed by atoms with E-state index in [1.165, 1.54) is 6.92 Å². The molecule has 5 nitrogen and oxygen atoms in total. The van der Waals surface area contributed by atoms with Gasteiger partial charge in [0.2, 0.25) is 0 Å². The summed E-state index contributed by atoms with van der Waals surface area (Å²) in [5, 5.41) is 8.55. The van der Waals surface area contributed by atoms with Gasteiger partial charge in [-0.1, -0.05) is 25.3 Å². The molecule has 3 unspecified atom stereocenters. The number of Topliss-reactive ketones (excluding diaryl/α,β-unsaturated/α-hetero) is 1. The molecule has 0 aliphatic heterocycles. The van der Waals surface area contributed by atoms with E-state index in [1.807, 2.05) is 0 Å². The van der Waals surface area contributed by atoms with Gasteiger partial charge >= 0.3 is 11.9 Å². The maximum Gasteiger partial charge on any atom is 0.303 e. The molecule has 0 saturated heterocycles. The van der Waals surface area contributed by atoms with Crippen molar-refractivity contribution in [2.24, 2.45) is 11.8 Å². The van der Waals surface area contributed by atoms with Crippen molar-refractivity contribution in [1.29, 1.82) is 0 Å². The zero-order valence-electron chi connectivity index (χ0n) is 12.5. The molecule has 0 aromatic carbocycles. The summed E-state index contributed by atoms with van der Waals surface area (Å²) in [6, 6.07) is 0. The van der Waals surface area contributed by atoms with E-state index in [2.05, 4.69) is 6.58 Å². The van der Waals surface area contributed by atoms with Crippen LogP contribution in [-0.4, -0.2) is 28.9 Å². The van der Waals surface area contributed by atoms with Crippen molar-refractivity contribution in [3.05, 3.63) is 12.7 Å². The molecule has 21 heavy (non-hydrogen) atoms. The third-order valence-corrected chi connectivity index (χ3v) is 3.96. The first kappa shape index (κ1) is 17.4. The molecule has 1 aliphatic carbocycles. The molecule has 3 atom stereocenters. The van der Waals surface area contributed by atoms with Crippen LogP contribution in [-0.2, 0) is 19.1 Å². The molecule has 0 bridgehead atoms. The highest BCUT2D eigenvalue weighted by Crippen LogP contribution is 2.35. The number of carboxylic acid groups (broad SMARTS) is 1. The van der Waals surface area contributed by atoms with E-state index in [0.29, 0.717) is 6.42 Å². The summed E-state index contributed by atoms with van der Waals surface area (Å²) in [4.78, 5) is 33.5. The first-order chi connectivity index (χ1) is 9.95. The number of esters is 1. The normalized spacial score (nSPS) is 24.8. The molecule has 1 saturated carbocycles. The summed E-state index contributed by atoms with van der Waals surface area (Å²) in [5.74, 6) is -1.21. The predicted octanol–water partition coefficient (Wildman–Crippen LogP) is 2.73. The van der Waals surface area contributed by atoms with Gasteiger partial charge in [0.15, 0.2) is 0 Å². The minimum absolute atomic E-state index is 0.0968. The Morgan fingerprint density at radius 3 is 2.57 bits per heavy atom. The number of carboxylic acids is 1. The number of hydrogen-bond donors (Lipinski definition) is 1. The Hall–Kier alpha value is -1.65. The highest BCUT2D eigenvalue weighted by atomic mass is 16.5. The Balaban J connectivity index is 2.35. The van der Waals surface area contributed by atoms with Gasteiger partial charge in [0.1, 0.15) is 11.9 Å². The average Bonchev–Trinajstić information content (AvgIpc) is 2.68. The topological polar surface area (TPSA) is 80.7 Å². The summed E-state index contributed by atoms with van der Waals surface area (Å²) in [6.45, 7) is 5.10. The van der Waals surface area contributed by atoms with Crippen LogP contribution in [0.1, 0.15) is 51.9 Å². The van der Waals surface area contributed by atoms with E-state index in [4.69, 9.17) is 9.84 Å². The lowest BCUT2D eigenvalue weighted by molar-refractivity contribution is -0.147. The maximum atomic E-state index is 12.0. The standard InChI is InChI=1S/C16H24O5/c1-3-12-13(8-6-4-5-7-9-16(19)20)14(18)10-15(12)21-11(2)17/h3,12-13,15H,1,4-10H2,2H3,(H,19,20). The molecule has 0 aromatic heterocycles. The van der Waals surface area contributed by atoms with Crippen LogP contribution < -0.4 is 0 Å². The second kappa shape index (κ2) is 8.60. The van der Waals surface area contributed by atoms with Gasteiger partial charge in [-0.15, -0.1) is 6.58 Å². The van der Waals surface area contributed by atoms with Gasteiger partial charge in [0, 0.05) is 31.6 Å². The van der Waals surface area contributed by atoms with Crippen LogP contribution in [0.4, 0.5) is 0 Å². The SMILES string of the molecule is C=CC1C(OC(C)=O)CC(=O)C1CCCCCCC(=O)O. The molecule has 118 valence electrons. The number of hydrogen-bond acceptors (Lipinski definition) is 4. The highest BCUT2D eigenvalue weighted by molar-refractivity contribution is 5.85. The number of aliphatic carboxylic acids is 1. The highest BCUT2D eigenvalue weighted by Gasteiger charge is 2.41. The van der Waals surface area contributed by atoms with E-state index >= 15 is 0 Å². The van der Waals surface area contributed by atoms with E-state index in [0.717, 1.165) is 25.7 Å². The fraction of sp³-hybridized carbons (Fsp3) is 0.688.